The van der Waals surface area contributed by atoms with Gasteiger partial charge in [0.2, 0.25) is 10.0 Å². The van der Waals surface area contributed by atoms with E-state index in [2.05, 4.69) is 47.1 Å². The van der Waals surface area contributed by atoms with Crippen LogP contribution in [0.2, 0.25) is 0 Å². The first-order valence-corrected chi connectivity index (χ1v) is 12.1. The zero-order chi connectivity index (χ0) is 24.3. The third-order valence-corrected chi connectivity index (χ3v) is 6.55. The van der Waals surface area contributed by atoms with Crippen LogP contribution in [0, 0.1) is 33.5 Å². The summed E-state index contributed by atoms with van der Waals surface area (Å²) in [6.45, 7) is 7.60. The summed E-state index contributed by atoms with van der Waals surface area (Å²) in [4.78, 5) is 12.4. The number of rotatable bonds is 7. The molecule has 9 heteroatoms. The van der Waals surface area contributed by atoms with Gasteiger partial charge in [0.25, 0.3) is 5.91 Å². The highest BCUT2D eigenvalue weighted by Gasteiger charge is 2.20. The Morgan fingerprint density at radius 3 is 2.33 bits per heavy atom. The summed E-state index contributed by atoms with van der Waals surface area (Å²) in [5.41, 5.74) is 8.81. The number of aromatic nitrogens is 1. The molecule has 174 valence electrons. The predicted octanol–water partition coefficient (Wildman–Crippen LogP) is 3.77. The average molecular weight is 471 g/mol. The lowest BCUT2D eigenvalue weighted by atomic mass is 10.1. The highest BCUT2D eigenvalue weighted by molar-refractivity contribution is 7.92. The predicted molar refractivity (Wildman–Crippen MR) is 129 cm³/mol. The summed E-state index contributed by atoms with van der Waals surface area (Å²) < 4.78 is 40.4. The van der Waals surface area contributed by atoms with Crippen molar-refractivity contribution >= 4 is 27.8 Å². The van der Waals surface area contributed by atoms with E-state index >= 15 is 0 Å². The molecule has 7 nitrogen and oxygen atoms in total. The van der Waals surface area contributed by atoms with Gasteiger partial charge in [0.15, 0.2) is 0 Å². The number of anilines is 1. The van der Waals surface area contributed by atoms with Crippen LogP contribution in [0.4, 0.5) is 10.1 Å². The van der Waals surface area contributed by atoms with Crippen molar-refractivity contribution in [2.45, 2.75) is 27.7 Å². The molecule has 0 saturated heterocycles. The second-order valence-corrected chi connectivity index (χ2v) is 9.88. The highest BCUT2D eigenvalue weighted by atomic mass is 32.2. The van der Waals surface area contributed by atoms with Crippen LogP contribution in [-0.4, -0.2) is 37.9 Å². The van der Waals surface area contributed by atoms with Crippen LogP contribution in [0.15, 0.2) is 53.6 Å². The molecule has 0 saturated carbocycles. The molecule has 3 aromatic rings. The van der Waals surface area contributed by atoms with Gasteiger partial charge in [-0.3, -0.25) is 9.10 Å². The Labute approximate surface area is 193 Å². The maximum Gasteiger partial charge on any atom is 0.260 e. The molecule has 1 amide bonds. The van der Waals surface area contributed by atoms with Gasteiger partial charge in [0, 0.05) is 22.6 Å². The summed E-state index contributed by atoms with van der Waals surface area (Å²) in [6, 6.07) is 13.1. The van der Waals surface area contributed by atoms with Gasteiger partial charge in [-0.05, 0) is 81.3 Å². The van der Waals surface area contributed by atoms with Crippen molar-refractivity contribution in [2.75, 3.05) is 17.1 Å². The lowest BCUT2D eigenvalue weighted by molar-refractivity contribution is -0.119. The number of hydrogen-bond donors (Lipinski definition) is 1. The minimum atomic E-state index is -3.75. The van der Waals surface area contributed by atoms with Gasteiger partial charge in [0.05, 0.1) is 18.2 Å². The summed E-state index contributed by atoms with van der Waals surface area (Å²) in [6.07, 6.45) is 2.51. The Bertz CT molecular complexity index is 1310. The van der Waals surface area contributed by atoms with Crippen LogP contribution in [0.1, 0.15) is 28.1 Å². The first-order chi connectivity index (χ1) is 15.5. The quantitative estimate of drug-likeness (QED) is 0.422. The number of benzene rings is 2. The Hall–Kier alpha value is -3.46. The van der Waals surface area contributed by atoms with Crippen molar-refractivity contribution in [1.82, 2.24) is 9.99 Å². The molecule has 0 unspecified atom stereocenters. The summed E-state index contributed by atoms with van der Waals surface area (Å²) in [5, 5.41) is 4.01. The maximum absolute atomic E-state index is 13.2. The molecule has 1 heterocycles. The molecule has 0 aliphatic carbocycles. The van der Waals surface area contributed by atoms with Crippen LogP contribution >= 0.6 is 0 Å². The van der Waals surface area contributed by atoms with Crippen molar-refractivity contribution < 1.29 is 17.6 Å². The van der Waals surface area contributed by atoms with Gasteiger partial charge in [-0.25, -0.2) is 18.2 Å². The van der Waals surface area contributed by atoms with E-state index in [0.29, 0.717) is 0 Å². The van der Waals surface area contributed by atoms with E-state index in [9.17, 15) is 17.6 Å². The molecule has 0 radical (unpaired) electrons. The van der Waals surface area contributed by atoms with Gasteiger partial charge in [-0.15, -0.1) is 0 Å². The fraction of sp³-hybridized carbons (Fsp3) is 0.250. The smallest absolute Gasteiger partial charge is 0.260 e. The van der Waals surface area contributed by atoms with Crippen LogP contribution in [0.25, 0.3) is 5.69 Å². The van der Waals surface area contributed by atoms with Crippen LogP contribution in [-0.2, 0) is 14.8 Å². The fourth-order valence-corrected chi connectivity index (χ4v) is 4.38. The van der Waals surface area contributed by atoms with Crippen LogP contribution < -0.4 is 9.73 Å². The molecule has 0 aliphatic heterocycles. The summed E-state index contributed by atoms with van der Waals surface area (Å²) >= 11 is 0. The number of carbonyl (C=O) groups is 1. The molecule has 33 heavy (non-hydrogen) atoms. The molecular weight excluding hydrogens is 443 g/mol. The van der Waals surface area contributed by atoms with Crippen molar-refractivity contribution in [1.29, 1.82) is 0 Å². The monoisotopic (exact) mass is 470 g/mol. The summed E-state index contributed by atoms with van der Waals surface area (Å²) in [7, 11) is -3.75. The zero-order valence-electron chi connectivity index (χ0n) is 19.3. The number of nitrogens with one attached hydrogen (secondary N) is 1. The number of amides is 1. The molecule has 0 bridgehead atoms. The lowest BCUT2D eigenvalue weighted by Gasteiger charge is -2.21. The number of nitrogens with zero attached hydrogens (tertiary/aromatic N) is 3. The topological polar surface area (TPSA) is 83.8 Å². The number of hydrazone groups is 1. The fourth-order valence-electron chi connectivity index (χ4n) is 3.53. The van der Waals surface area contributed by atoms with Crippen molar-refractivity contribution in [2.24, 2.45) is 5.10 Å². The second kappa shape index (κ2) is 9.58. The normalized spacial score (nSPS) is 11.7. The lowest BCUT2D eigenvalue weighted by Crippen LogP contribution is -2.39. The molecule has 1 aromatic heterocycles. The standard InChI is InChI=1S/C24H27FN4O3S/c1-16-6-9-23(12-17(16)2)29-18(3)13-20(19(29)4)14-26-27-24(30)15-28(33(5,31)32)22-10-7-21(25)8-11-22/h6-14H,15H2,1-5H3,(H,27,30). The molecule has 0 aliphatic rings. The Balaban J connectivity index is 1.75. The van der Waals surface area contributed by atoms with Crippen molar-refractivity contribution in [3.05, 3.63) is 82.4 Å². The number of aryl methyl sites for hydroxylation is 3. The van der Waals surface area contributed by atoms with Gasteiger partial charge in [0.1, 0.15) is 12.4 Å². The number of carbonyl (C=O) groups excluding carboxylic acids is 1. The highest BCUT2D eigenvalue weighted by Crippen LogP contribution is 2.22. The van der Waals surface area contributed by atoms with Crippen LogP contribution in [0.5, 0.6) is 0 Å². The molecule has 0 fully saturated rings. The molecule has 3 rings (SSSR count). The second-order valence-electron chi connectivity index (χ2n) is 7.97. The Morgan fingerprint density at radius 1 is 1.06 bits per heavy atom. The molecule has 1 N–H and O–H groups in total. The first-order valence-electron chi connectivity index (χ1n) is 10.3. The van der Waals surface area contributed by atoms with Crippen molar-refractivity contribution in [3.8, 4) is 5.69 Å². The minimum absolute atomic E-state index is 0.190. The SMILES string of the molecule is Cc1ccc(-n2c(C)cc(C=NNC(=O)CN(c3ccc(F)cc3)S(C)(=O)=O)c2C)cc1C. The van der Waals surface area contributed by atoms with Gasteiger partial charge in [-0.2, -0.15) is 5.10 Å². The summed E-state index contributed by atoms with van der Waals surface area (Å²) in [5.74, 6) is -1.12. The number of halogens is 1. The van der Waals surface area contributed by atoms with E-state index in [1.54, 1.807) is 0 Å². The van der Waals surface area contributed by atoms with E-state index in [0.717, 1.165) is 45.3 Å². The minimum Gasteiger partial charge on any atom is -0.318 e. The van der Waals surface area contributed by atoms with Gasteiger partial charge in [-0.1, -0.05) is 6.07 Å². The Morgan fingerprint density at radius 2 is 1.73 bits per heavy atom. The maximum atomic E-state index is 13.2. The van der Waals surface area contributed by atoms with Gasteiger partial charge >= 0.3 is 0 Å². The van der Waals surface area contributed by atoms with E-state index in [4.69, 9.17) is 0 Å². The number of sulfonamides is 1. The molecular formula is C24H27FN4O3S. The van der Waals surface area contributed by atoms with E-state index in [1.165, 1.54) is 29.5 Å². The van der Waals surface area contributed by atoms with E-state index in [1.807, 2.05) is 19.9 Å². The molecule has 0 atom stereocenters. The Kier molecular flexibility index (Phi) is 7.02. The first kappa shape index (κ1) is 24.2. The average Bonchev–Trinajstić information content (AvgIpc) is 3.01. The van der Waals surface area contributed by atoms with Gasteiger partial charge < -0.3 is 4.57 Å². The van der Waals surface area contributed by atoms with Crippen LogP contribution in [0.3, 0.4) is 0 Å². The third kappa shape index (κ3) is 5.67. The number of hydrogen-bond acceptors (Lipinski definition) is 4. The third-order valence-electron chi connectivity index (χ3n) is 5.41. The van der Waals surface area contributed by atoms with E-state index < -0.39 is 28.3 Å². The van der Waals surface area contributed by atoms with E-state index in [-0.39, 0.29) is 5.69 Å². The largest absolute Gasteiger partial charge is 0.318 e. The molecule has 2 aromatic carbocycles. The van der Waals surface area contributed by atoms with Crippen molar-refractivity contribution in [3.63, 3.8) is 0 Å². The zero-order valence-corrected chi connectivity index (χ0v) is 20.1. The molecule has 0 spiro atoms.